The van der Waals surface area contributed by atoms with Crippen LogP contribution in [0.1, 0.15) is 64.2 Å². The summed E-state index contributed by atoms with van der Waals surface area (Å²) in [4.78, 5) is 9.78. The number of rotatable bonds is 4. The van der Waals surface area contributed by atoms with Crippen molar-refractivity contribution in [3.8, 4) is 0 Å². The van der Waals surface area contributed by atoms with Gasteiger partial charge >= 0.3 is 0 Å². The molecule has 0 atom stereocenters. The Morgan fingerprint density at radius 2 is 1.68 bits per heavy atom. The minimum Gasteiger partial charge on any atom is -0.370 e. The third-order valence-electron chi connectivity index (χ3n) is 5.80. The van der Waals surface area contributed by atoms with Crippen molar-refractivity contribution in [2.75, 3.05) is 26.7 Å². The van der Waals surface area contributed by atoms with Crippen molar-refractivity contribution in [1.29, 1.82) is 0 Å². The van der Waals surface area contributed by atoms with E-state index in [0.29, 0.717) is 11.6 Å². The molecule has 2 N–H and O–H groups in total. The molecule has 0 aromatic rings. The molecule has 2 aliphatic carbocycles. The molecule has 3 aliphatic rings. The first-order chi connectivity index (χ1) is 10.2. The molecule has 0 aromatic heterocycles. The van der Waals surface area contributed by atoms with Gasteiger partial charge in [-0.2, -0.15) is 0 Å². The van der Waals surface area contributed by atoms with Crippen LogP contribution >= 0.6 is 24.0 Å². The normalized spacial score (nSPS) is 26.3. The van der Waals surface area contributed by atoms with Gasteiger partial charge in [0.1, 0.15) is 0 Å². The van der Waals surface area contributed by atoms with Gasteiger partial charge < -0.3 is 10.6 Å². The Morgan fingerprint density at radius 3 is 2.27 bits per heavy atom. The van der Waals surface area contributed by atoms with Crippen LogP contribution < -0.4 is 5.73 Å². The summed E-state index contributed by atoms with van der Waals surface area (Å²) in [5.74, 6) is 0.763. The lowest BCUT2D eigenvalue weighted by Crippen LogP contribution is -2.54. The molecule has 2 saturated carbocycles. The van der Waals surface area contributed by atoms with Gasteiger partial charge in [0.25, 0.3) is 0 Å². The van der Waals surface area contributed by atoms with Crippen molar-refractivity contribution >= 4 is 29.9 Å². The Morgan fingerprint density at radius 1 is 1.09 bits per heavy atom. The summed E-state index contributed by atoms with van der Waals surface area (Å²) < 4.78 is 0. The highest BCUT2D eigenvalue weighted by atomic mass is 127. The maximum atomic E-state index is 6.22. The molecule has 3 rings (SSSR count). The van der Waals surface area contributed by atoms with Crippen LogP contribution in [0.15, 0.2) is 4.99 Å². The Bertz CT molecular complexity index is 369. The fourth-order valence-electron chi connectivity index (χ4n) is 4.14. The zero-order chi connectivity index (χ0) is 14.7. The Balaban J connectivity index is 0.00000176. The van der Waals surface area contributed by atoms with E-state index in [1.165, 1.54) is 77.3 Å². The first kappa shape index (κ1) is 18.3. The van der Waals surface area contributed by atoms with Crippen LogP contribution in [0.5, 0.6) is 0 Å². The molecule has 0 amide bonds. The molecule has 1 aliphatic heterocycles. The molecule has 128 valence electrons. The quantitative estimate of drug-likeness (QED) is 0.432. The molecule has 0 radical (unpaired) electrons. The number of hydrogen-bond donors (Lipinski definition) is 1. The van der Waals surface area contributed by atoms with Crippen LogP contribution in [0.2, 0.25) is 0 Å². The third-order valence-corrected chi connectivity index (χ3v) is 5.80. The van der Waals surface area contributed by atoms with Gasteiger partial charge in [-0.15, -0.1) is 24.0 Å². The molecule has 3 fully saturated rings. The number of aliphatic imine (C=N–C) groups is 1. The first-order valence-electron chi connectivity index (χ1n) is 8.99. The number of nitrogens with two attached hydrogens (primary N) is 1. The molecular formula is C17H33IN4. The second kappa shape index (κ2) is 8.18. The molecule has 1 heterocycles. The summed E-state index contributed by atoms with van der Waals surface area (Å²) in [6.07, 6.45) is 13.5. The minimum absolute atomic E-state index is 0. The van der Waals surface area contributed by atoms with Crippen LogP contribution in [-0.2, 0) is 0 Å². The highest BCUT2D eigenvalue weighted by Crippen LogP contribution is 2.36. The van der Waals surface area contributed by atoms with Crippen LogP contribution in [-0.4, -0.2) is 54.0 Å². The van der Waals surface area contributed by atoms with Gasteiger partial charge in [-0.1, -0.05) is 25.7 Å². The molecule has 0 unspecified atom stereocenters. The molecule has 0 bridgehead atoms. The summed E-state index contributed by atoms with van der Waals surface area (Å²) in [6, 6.07) is 0.658. The molecule has 5 heteroatoms. The van der Waals surface area contributed by atoms with Crippen LogP contribution in [0.4, 0.5) is 0 Å². The number of halogens is 1. The van der Waals surface area contributed by atoms with Crippen LogP contribution in [0.25, 0.3) is 0 Å². The Labute approximate surface area is 152 Å². The zero-order valence-corrected chi connectivity index (χ0v) is 16.4. The largest absolute Gasteiger partial charge is 0.370 e. The maximum absolute atomic E-state index is 6.22. The van der Waals surface area contributed by atoms with E-state index < -0.39 is 0 Å². The highest BCUT2D eigenvalue weighted by molar-refractivity contribution is 14.0. The molecule has 0 aromatic carbocycles. The number of likely N-dealkylation sites (tertiary alicyclic amines) is 1. The van der Waals surface area contributed by atoms with E-state index >= 15 is 0 Å². The van der Waals surface area contributed by atoms with Crippen molar-refractivity contribution in [2.24, 2.45) is 10.7 Å². The fraction of sp³-hybridized carbons (Fsp3) is 0.941. The number of hydrogen-bond acceptors (Lipinski definition) is 2. The fourth-order valence-corrected chi connectivity index (χ4v) is 4.14. The maximum Gasteiger partial charge on any atom is 0.191 e. The van der Waals surface area contributed by atoms with E-state index in [-0.39, 0.29) is 24.0 Å². The first-order valence-corrected chi connectivity index (χ1v) is 8.99. The van der Waals surface area contributed by atoms with Crippen molar-refractivity contribution in [2.45, 2.75) is 75.8 Å². The number of nitrogens with zero attached hydrogens (tertiary/aromatic N) is 3. The van der Waals surface area contributed by atoms with E-state index in [2.05, 4.69) is 16.8 Å². The molecular weight excluding hydrogens is 387 g/mol. The predicted molar refractivity (Wildman–Crippen MR) is 104 cm³/mol. The molecule has 0 spiro atoms. The van der Waals surface area contributed by atoms with Gasteiger partial charge in [0.05, 0.1) is 6.54 Å². The average molecular weight is 420 g/mol. The van der Waals surface area contributed by atoms with E-state index in [4.69, 9.17) is 10.7 Å². The summed E-state index contributed by atoms with van der Waals surface area (Å²) in [7, 11) is 2.10. The monoisotopic (exact) mass is 420 g/mol. The van der Waals surface area contributed by atoms with Gasteiger partial charge in [0.2, 0.25) is 0 Å². The summed E-state index contributed by atoms with van der Waals surface area (Å²) in [5, 5.41) is 0. The smallest absolute Gasteiger partial charge is 0.191 e. The van der Waals surface area contributed by atoms with Crippen molar-refractivity contribution < 1.29 is 0 Å². The summed E-state index contributed by atoms with van der Waals surface area (Å²) in [6.45, 7) is 3.46. The molecule has 22 heavy (non-hydrogen) atoms. The van der Waals surface area contributed by atoms with Crippen LogP contribution in [0.3, 0.4) is 0 Å². The van der Waals surface area contributed by atoms with E-state index in [0.717, 1.165) is 12.5 Å². The SMILES string of the molecule is CN(C(N)=NCC1(N2CCCCC2)CCCCC1)C1CC1.I. The molecule has 4 nitrogen and oxygen atoms in total. The highest BCUT2D eigenvalue weighted by Gasteiger charge is 2.38. The Hall–Kier alpha value is -0.0400. The van der Waals surface area contributed by atoms with Gasteiger partial charge in [-0.05, 0) is 51.6 Å². The Kier molecular flexibility index (Phi) is 6.80. The predicted octanol–water partition coefficient (Wildman–Crippen LogP) is 3.20. The lowest BCUT2D eigenvalue weighted by molar-refractivity contribution is 0.0406. The van der Waals surface area contributed by atoms with Crippen molar-refractivity contribution in [1.82, 2.24) is 9.80 Å². The number of piperidine rings is 1. The topological polar surface area (TPSA) is 44.9 Å². The van der Waals surface area contributed by atoms with Gasteiger partial charge in [-0.25, -0.2) is 0 Å². The van der Waals surface area contributed by atoms with Crippen molar-refractivity contribution in [3.63, 3.8) is 0 Å². The zero-order valence-electron chi connectivity index (χ0n) is 14.1. The minimum atomic E-state index is 0. The van der Waals surface area contributed by atoms with Crippen molar-refractivity contribution in [3.05, 3.63) is 0 Å². The lowest BCUT2D eigenvalue weighted by Gasteiger charge is -2.47. The summed E-state index contributed by atoms with van der Waals surface area (Å²) in [5.41, 5.74) is 6.53. The van der Waals surface area contributed by atoms with Crippen LogP contribution in [0, 0.1) is 0 Å². The van der Waals surface area contributed by atoms with E-state index in [1.807, 2.05) is 0 Å². The van der Waals surface area contributed by atoms with Gasteiger partial charge in [0, 0.05) is 18.6 Å². The second-order valence-corrected chi connectivity index (χ2v) is 7.35. The molecule has 1 saturated heterocycles. The third kappa shape index (κ3) is 4.28. The summed E-state index contributed by atoms with van der Waals surface area (Å²) >= 11 is 0. The van der Waals surface area contributed by atoms with Gasteiger partial charge in [-0.3, -0.25) is 9.89 Å². The lowest BCUT2D eigenvalue weighted by atomic mass is 9.79. The number of guanidine groups is 1. The standard InChI is InChI=1S/C17H32N4.HI/c1-20(15-8-9-15)16(18)19-14-17(10-4-2-5-11-17)21-12-6-3-7-13-21;/h15H,2-14H2,1H3,(H2,18,19);1H. The van der Waals surface area contributed by atoms with Gasteiger partial charge in [0.15, 0.2) is 5.96 Å². The second-order valence-electron chi connectivity index (χ2n) is 7.35. The van der Waals surface area contributed by atoms with E-state index in [9.17, 15) is 0 Å². The average Bonchev–Trinajstić information content (AvgIpc) is 3.38. The van der Waals surface area contributed by atoms with E-state index in [1.54, 1.807) is 0 Å².